The van der Waals surface area contributed by atoms with E-state index in [1.165, 1.54) is 12.4 Å². The molecule has 1 N–H and O–H groups in total. The summed E-state index contributed by atoms with van der Waals surface area (Å²) in [5, 5.41) is 2.83. The number of piperazine rings is 1. The molecule has 1 aliphatic rings. The molecule has 2 heterocycles. The summed E-state index contributed by atoms with van der Waals surface area (Å²) in [7, 11) is 0. The van der Waals surface area contributed by atoms with Gasteiger partial charge in [0.2, 0.25) is 0 Å². The molecule has 0 saturated carbocycles. The number of carbonyl (C=O) groups excluding carboxylic acids is 1. The minimum atomic E-state index is -0.205. The molecular weight excluding hydrogens is 321 g/mol. The van der Waals surface area contributed by atoms with Gasteiger partial charge in [-0.1, -0.05) is 12.1 Å². The van der Waals surface area contributed by atoms with E-state index in [4.69, 9.17) is 0 Å². The highest BCUT2D eigenvalue weighted by atomic mass is 19.1. The minimum absolute atomic E-state index is 0.0511. The molecule has 1 amide bonds. The Kier molecular flexibility index (Phi) is 5.11. The predicted octanol–water partition coefficient (Wildman–Crippen LogP) is 2.08. The number of aromatic nitrogens is 2. The number of halogens is 1. The molecule has 0 aliphatic carbocycles. The molecule has 0 bridgehead atoms. The standard InChI is InChI=1S/C18H22FN5O/c1-13(2)22-18(25)15-11-17(21-12-20-15)24-9-7-23(8-10-24)16-6-4-3-5-14(16)19/h3-6,11-13H,7-10H2,1-2H3,(H,22,25). The first kappa shape index (κ1) is 17.1. The van der Waals surface area contributed by atoms with Gasteiger partial charge in [-0.2, -0.15) is 0 Å². The lowest BCUT2D eigenvalue weighted by molar-refractivity contribution is 0.0938. The van der Waals surface area contributed by atoms with Crippen molar-refractivity contribution < 1.29 is 9.18 Å². The maximum Gasteiger partial charge on any atom is 0.270 e. The van der Waals surface area contributed by atoms with Gasteiger partial charge in [0.1, 0.15) is 23.7 Å². The third-order valence-corrected chi connectivity index (χ3v) is 4.10. The Labute approximate surface area is 146 Å². The number of amides is 1. The summed E-state index contributed by atoms with van der Waals surface area (Å²) in [5.74, 6) is 0.311. The van der Waals surface area contributed by atoms with Crippen LogP contribution in [0.1, 0.15) is 24.3 Å². The topological polar surface area (TPSA) is 61.4 Å². The van der Waals surface area contributed by atoms with E-state index < -0.39 is 0 Å². The minimum Gasteiger partial charge on any atom is -0.366 e. The summed E-state index contributed by atoms with van der Waals surface area (Å²) in [6.07, 6.45) is 1.41. The fourth-order valence-electron chi connectivity index (χ4n) is 2.86. The third kappa shape index (κ3) is 4.04. The highest BCUT2D eigenvalue weighted by Crippen LogP contribution is 2.22. The van der Waals surface area contributed by atoms with Crippen LogP contribution in [0.2, 0.25) is 0 Å². The summed E-state index contributed by atoms with van der Waals surface area (Å²) in [6.45, 7) is 6.61. The first-order chi connectivity index (χ1) is 12.0. The Bertz CT molecular complexity index is 744. The molecule has 0 atom stereocenters. The smallest absolute Gasteiger partial charge is 0.270 e. The van der Waals surface area contributed by atoms with E-state index in [1.54, 1.807) is 18.2 Å². The van der Waals surface area contributed by atoms with Gasteiger partial charge < -0.3 is 15.1 Å². The Balaban J connectivity index is 1.67. The van der Waals surface area contributed by atoms with Crippen LogP contribution in [-0.4, -0.2) is 48.1 Å². The Morgan fingerprint density at radius 2 is 1.80 bits per heavy atom. The zero-order valence-corrected chi connectivity index (χ0v) is 14.4. The van der Waals surface area contributed by atoms with Gasteiger partial charge in [-0.25, -0.2) is 14.4 Å². The van der Waals surface area contributed by atoms with Crippen molar-refractivity contribution >= 4 is 17.4 Å². The Morgan fingerprint density at radius 3 is 2.48 bits per heavy atom. The quantitative estimate of drug-likeness (QED) is 0.921. The normalized spacial score (nSPS) is 14.7. The van der Waals surface area contributed by atoms with E-state index in [-0.39, 0.29) is 17.8 Å². The number of benzene rings is 1. The maximum absolute atomic E-state index is 13.9. The van der Waals surface area contributed by atoms with Crippen LogP contribution in [-0.2, 0) is 0 Å². The molecule has 1 aromatic carbocycles. The monoisotopic (exact) mass is 343 g/mol. The number of para-hydroxylation sites is 1. The number of hydrogen-bond donors (Lipinski definition) is 1. The average Bonchev–Trinajstić information content (AvgIpc) is 2.62. The second-order valence-electron chi connectivity index (χ2n) is 6.32. The molecule has 0 radical (unpaired) electrons. The molecule has 25 heavy (non-hydrogen) atoms. The molecule has 0 unspecified atom stereocenters. The van der Waals surface area contributed by atoms with Gasteiger partial charge in [-0.15, -0.1) is 0 Å². The summed E-state index contributed by atoms with van der Waals surface area (Å²) in [5.41, 5.74) is 0.983. The molecule has 1 saturated heterocycles. The van der Waals surface area contributed by atoms with Crippen molar-refractivity contribution in [3.8, 4) is 0 Å². The van der Waals surface area contributed by atoms with E-state index in [9.17, 15) is 9.18 Å². The van der Waals surface area contributed by atoms with E-state index in [2.05, 4.69) is 20.2 Å². The van der Waals surface area contributed by atoms with Crippen LogP contribution in [0, 0.1) is 5.82 Å². The van der Waals surface area contributed by atoms with Gasteiger partial charge in [-0.3, -0.25) is 4.79 Å². The van der Waals surface area contributed by atoms with E-state index in [0.29, 0.717) is 37.6 Å². The van der Waals surface area contributed by atoms with Gasteiger partial charge in [0.25, 0.3) is 5.91 Å². The van der Waals surface area contributed by atoms with Crippen molar-refractivity contribution in [3.05, 3.63) is 48.2 Å². The molecule has 2 aromatic rings. The fraction of sp³-hybridized carbons (Fsp3) is 0.389. The Morgan fingerprint density at radius 1 is 1.12 bits per heavy atom. The number of nitrogens with zero attached hydrogens (tertiary/aromatic N) is 4. The molecule has 1 fully saturated rings. The molecule has 1 aromatic heterocycles. The van der Waals surface area contributed by atoms with Crippen LogP contribution in [0.5, 0.6) is 0 Å². The van der Waals surface area contributed by atoms with E-state index >= 15 is 0 Å². The molecule has 132 valence electrons. The largest absolute Gasteiger partial charge is 0.366 e. The van der Waals surface area contributed by atoms with Crippen molar-refractivity contribution in [2.24, 2.45) is 0 Å². The van der Waals surface area contributed by atoms with Gasteiger partial charge in [0.05, 0.1) is 5.69 Å². The first-order valence-corrected chi connectivity index (χ1v) is 8.42. The zero-order valence-electron chi connectivity index (χ0n) is 14.4. The van der Waals surface area contributed by atoms with Crippen LogP contribution in [0.25, 0.3) is 0 Å². The average molecular weight is 343 g/mol. The number of anilines is 2. The van der Waals surface area contributed by atoms with Gasteiger partial charge >= 0.3 is 0 Å². The molecule has 3 rings (SSSR count). The fourth-order valence-corrected chi connectivity index (χ4v) is 2.86. The molecule has 7 heteroatoms. The Hall–Kier alpha value is -2.70. The van der Waals surface area contributed by atoms with Gasteiger partial charge in [0.15, 0.2) is 0 Å². The van der Waals surface area contributed by atoms with Crippen molar-refractivity contribution in [1.29, 1.82) is 0 Å². The number of rotatable bonds is 4. The second-order valence-corrected chi connectivity index (χ2v) is 6.32. The number of nitrogens with one attached hydrogen (secondary N) is 1. The maximum atomic E-state index is 13.9. The molecule has 6 nitrogen and oxygen atoms in total. The molecule has 0 spiro atoms. The van der Waals surface area contributed by atoms with Crippen LogP contribution >= 0.6 is 0 Å². The van der Waals surface area contributed by atoms with Crippen LogP contribution in [0.4, 0.5) is 15.9 Å². The van der Waals surface area contributed by atoms with Crippen LogP contribution < -0.4 is 15.1 Å². The zero-order chi connectivity index (χ0) is 17.8. The second kappa shape index (κ2) is 7.46. The van der Waals surface area contributed by atoms with Gasteiger partial charge in [0, 0.05) is 38.3 Å². The lowest BCUT2D eigenvalue weighted by atomic mass is 10.2. The lowest BCUT2D eigenvalue weighted by Gasteiger charge is -2.36. The summed E-state index contributed by atoms with van der Waals surface area (Å²) < 4.78 is 13.9. The highest BCUT2D eigenvalue weighted by molar-refractivity contribution is 5.93. The summed E-state index contributed by atoms with van der Waals surface area (Å²) in [4.78, 5) is 24.5. The van der Waals surface area contributed by atoms with Crippen molar-refractivity contribution in [1.82, 2.24) is 15.3 Å². The highest BCUT2D eigenvalue weighted by Gasteiger charge is 2.21. The van der Waals surface area contributed by atoms with Gasteiger partial charge in [-0.05, 0) is 26.0 Å². The first-order valence-electron chi connectivity index (χ1n) is 8.42. The predicted molar refractivity (Wildman–Crippen MR) is 95.5 cm³/mol. The van der Waals surface area contributed by atoms with E-state index in [1.807, 2.05) is 24.8 Å². The summed E-state index contributed by atoms with van der Waals surface area (Å²) >= 11 is 0. The third-order valence-electron chi connectivity index (χ3n) is 4.10. The summed E-state index contributed by atoms with van der Waals surface area (Å²) in [6, 6.07) is 8.57. The van der Waals surface area contributed by atoms with Crippen molar-refractivity contribution in [2.45, 2.75) is 19.9 Å². The SMILES string of the molecule is CC(C)NC(=O)c1cc(N2CCN(c3ccccc3F)CC2)ncn1. The number of carbonyl (C=O) groups is 1. The van der Waals surface area contributed by atoms with Crippen molar-refractivity contribution in [3.63, 3.8) is 0 Å². The molecular formula is C18H22FN5O. The molecule has 1 aliphatic heterocycles. The van der Waals surface area contributed by atoms with Crippen molar-refractivity contribution in [2.75, 3.05) is 36.0 Å². The van der Waals surface area contributed by atoms with E-state index in [0.717, 1.165) is 5.82 Å². The lowest BCUT2D eigenvalue weighted by Crippen LogP contribution is -2.47. The van der Waals surface area contributed by atoms with Crippen LogP contribution in [0.15, 0.2) is 36.7 Å². The number of hydrogen-bond acceptors (Lipinski definition) is 5. The van der Waals surface area contributed by atoms with Crippen LogP contribution in [0.3, 0.4) is 0 Å².